The zero-order chi connectivity index (χ0) is 27.4. The first-order valence-electron chi connectivity index (χ1n) is 15.3. The van der Waals surface area contributed by atoms with E-state index in [-0.39, 0.29) is 23.9 Å². The second-order valence-corrected chi connectivity index (χ2v) is 13.7. The molecule has 4 saturated carbocycles. The maximum Gasteiger partial charge on any atom is 0.158 e. The maximum absolute atomic E-state index is 12.9. The van der Waals surface area contributed by atoms with Gasteiger partial charge in [0.2, 0.25) is 0 Å². The van der Waals surface area contributed by atoms with Crippen LogP contribution in [0.15, 0.2) is 36.6 Å². The SMILES string of the molecule is C=C1C=C(CCCC(=O)CO[C@H]2CC[C@H]3[C@@H]4CC[C@H]5CC(=O)CC[C@]5(C)[C@H]4CC[C@]23C)c2ccc(N)cc2O1. The Morgan fingerprint density at radius 3 is 2.77 bits per heavy atom. The minimum atomic E-state index is 0.175. The van der Waals surface area contributed by atoms with Crippen molar-refractivity contribution in [3.8, 4) is 5.75 Å². The van der Waals surface area contributed by atoms with Crippen LogP contribution in [0.25, 0.3) is 5.57 Å². The molecule has 5 aliphatic rings. The molecule has 2 N–H and O–H groups in total. The normalized spacial score (nSPS) is 37.2. The second-order valence-electron chi connectivity index (χ2n) is 13.7. The Morgan fingerprint density at radius 1 is 1.10 bits per heavy atom. The Bertz CT molecular complexity index is 1200. The molecule has 0 unspecified atom stereocenters. The molecular formula is C34H45NO4. The van der Waals surface area contributed by atoms with Crippen molar-refractivity contribution in [2.24, 2.45) is 34.5 Å². The summed E-state index contributed by atoms with van der Waals surface area (Å²) in [7, 11) is 0. The number of nitrogens with two attached hydrogens (primary N) is 1. The molecule has 5 nitrogen and oxygen atoms in total. The molecule has 0 amide bonds. The van der Waals surface area contributed by atoms with Gasteiger partial charge in [0.1, 0.15) is 23.9 Å². The first-order chi connectivity index (χ1) is 18.7. The Hall–Kier alpha value is -2.40. The fourth-order valence-electron chi connectivity index (χ4n) is 9.55. The largest absolute Gasteiger partial charge is 0.457 e. The molecule has 7 atom stereocenters. The molecule has 0 radical (unpaired) electrons. The van der Waals surface area contributed by atoms with E-state index in [0.717, 1.165) is 67.2 Å². The molecule has 0 bridgehead atoms. The van der Waals surface area contributed by atoms with E-state index in [0.29, 0.717) is 40.9 Å². The molecule has 210 valence electrons. The summed E-state index contributed by atoms with van der Waals surface area (Å²) in [4.78, 5) is 25.1. The highest BCUT2D eigenvalue weighted by Gasteiger charge is 2.60. The number of carbonyl (C=O) groups is 2. The van der Waals surface area contributed by atoms with Crippen LogP contribution in [0, 0.1) is 34.5 Å². The van der Waals surface area contributed by atoms with E-state index in [1.54, 1.807) is 0 Å². The predicted molar refractivity (Wildman–Crippen MR) is 154 cm³/mol. The second kappa shape index (κ2) is 10.2. The number of benzene rings is 1. The molecule has 1 aromatic rings. The van der Waals surface area contributed by atoms with Crippen LogP contribution in [0.3, 0.4) is 0 Å². The van der Waals surface area contributed by atoms with Gasteiger partial charge < -0.3 is 15.2 Å². The summed E-state index contributed by atoms with van der Waals surface area (Å²) in [6.07, 6.45) is 14.2. The summed E-state index contributed by atoms with van der Waals surface area (Å²) in [5.41, 5.74) is 9.27. The number of anilines is 1. The molecule has 1 aliphatic heterocycles. The van der Waals surface area contributed by atoms with Gasteiger partial charge in [0, 0.05) is 36.6 Å². The lowest BCUT2D eigenvalue weighted by atomic mass is 9.45. The van der Waals surface area contributed by atoms with Crippen molar-refractivity contribution in [2.75, 3.05) is 12.3 Å². The minimum absolute atomic E-state index is 0.175. The summed E-state index contributed by atoms with van der Waals surface area (Å²) in [6.45, 7) is 9.14. The van der Waals surface area contributed by atoms with E-state index in [4.69, 9.17) is 15.2 Å². The fourth-order valence-corrected chi connectivity index (χ4v) is 9.55. The lowest BCUT2D eigenvalue weighted by Crippen LogP contribution is -2.54. The summed E-state index contributed by atoms with van der Waals surface area (Å²) < 4.78 is 12.2. The summed E-state index contributed by atoms with van der Waals surface area (Å²) in [5.74, 6) is 4.82. The molecule has 0 aromatic heterocycles. The van der Waals surface area contributed by atoms with Crippen LogP contribution < -0.4 is 10.5 Å². The molecule has 1 heterocycles. The van der Waals surface area contributed by atoms with E-state index in [1.165, 1.54) is 32.1 Å². The van der Waals surface area contributed by atoms with E-state index in [9.17, 15) is 9.59 Å². The Labute approximate surface area is 233 Å². The number of ether oxygens (including phenoxy) is 2. The van der Waals surface area contributed by atoms with Crippen LogP contribution in [-0.2, 0) is 14.3 Å². The van der Waals surface area contributed by atoms with Gasteiger partial charge in [0.15, 0.2) is 5.78 Å². The van der Waals surface area contributed by atoms with Gasteiger partial charge in [-0.2, -0.15) is 0 Å². The quantitative estimate of drug-likeness (QED) is 0.374. The van der Waals surface area contributed by atoms with Crippen LogP contribution in [-0.4, -0.2) is 24.3 Å². The van der Waals surface area contributed by atoms with Crippen molar-refractivity contribution in [2.45, 2.75) is 97.0 Å². The van der Waals surface area contributed by atoms with Gasteiger partial charge >= 0.3 is 0 Å². The number of hydrogen-bond donors (Lipinski definition) is 1. The highest BCUT2D eigenvalue weighted by molar-refractivity contribution is 5.81. The van der Waals surface area contributed by atoms with Gasteiger partial charge in [-0.3, -0.25) is 9.59 Å². The summed E-state index contributed by atoms with van der Waals surface area (Å²) in [6, 6.07) is 5.70. The van der Waals surface area contributed by atoms with E-state index >= 15 is 0 Å². The number of carbonyl (C=O) groups excluding carboxylic acids is 2. The number of allylic oxidation sites excluding steroid dienone is 2. The van der Waals surface area contributed by atoms with Crippen LogP contribution in [0.1, 0.15) is 96.5 Å². The topological polar surface area (TPSA) is 78.6 Å². The van der Waals surface area contributed by atoms with Crippen LogP contribution in [0.4, 0.5) is 5.69 Å². The van der Waals surface area contributed by atoms with Crippen LogP contribution in [0.5, 0.6) is 5.75 Å². The Morgan fingerprint density at radius 2 is 1.92 bits per heavy atom. The highest BCUT2D eigenvalue weighted by atomic mass is 16.5. The third-order valence-corrected chi connectivity index (χ3v) is 11.7. The van der Waals surface area contributed by atoms with Crippen molar-refractivity contribution in [3.63, 3.8) is 0 Å². The number of hydrogen-bond acceptors (Lipinski definition) is 5. The Balaban J connectivity index is 1.02. The number of fused-ring (bicyclic) bond motifs is 6. The first-order valence-corrected chi connectivity index (χ1v) is 15.3. The molecule has 39 heavy (non-hydrogen) atoms. The van der Waals surface area contributed by atoms with Gasteiger partial charge in [-0.25, -0.2) is 0 Å². The van der Waals surface area contributed by atoms with E-state index in [1.807, 2.05) is 24.3 Å². The molecule has 1 aromatic carbocycles. The zero-order valence-electron chi connectivity index (χ0n) is 23.8. The lowest BCUT2D eigenvalue weighted by molar-refractivity contribution is -0.148. The highest BCUT2D eigenvalue weighted by Crippen LogP contribution is 2.66. The lowest BCUT2D eigenvalue weighted by Gasteiger charge is -2.60. The Kier molecular flexibility index (Phi) is 7.02. The summed E-state index contributed by atoms with van der Waals surface area (Å²) >= 11 is 0. The smallest absolute Gasteiger partial charge is 0.158 e. The van der Waals surface area contributed by atoms with E-state index < -0.39 is 0 Å². The summed E-state index contributed by atoms with van der Waals surface area (Å²) in [5, 5.41) is 0. The average molecular weight is 532 g/mol. The zero-order valence-corrected chi connectivity index (χ0v) is 23.8. The molecule has 4 fully saturated rings. The fraction of sp³-hybridized carbons (Fsp3) is 0.647. The molecule has 0 spiro atoms. The molecule has 5 heteroatoms. The third-order valence-electron chi connectivity index (χ3n) is 11.7. The van der Waals surface area contributed by atoms with Crippen molar-refractivity contribution >= 4 is 22.8 Å². The number of Topliss-reactive ketones (excluding diaryl/α,β-unsaturated/α-hetero) is 2. The van der Waals surface area contributed by atoms with Gasteiger partial charge in [-0.05, 0) is 116 Å². The minimum Gasteiger partial charge on any atom is -0.457 e. The monoisotopic (exact) mass is 531 g/mol. The van der Waals surface area contributed by atoms with Crippen LogP contribution >= 0.6 is 0 Å². The van der Waals surface area contributed by atoms with Crippen molar-refractivity contribution < 1.29 is 19.1 Å². The van der Waals surface area contributed by atoms with Gasteiger partial charge in [0.05, 0.1) is 6.10 Å². The van der Waals surface area contributed by atoms with E-state index in [2.05, 4.69) is 20.4 Å². The number of nitrogen functional groups attached to an aromatic ring is 1. The number of ketones is 2. The molecule has 0 saturated heterocycles. The third kappa shape index (κ3) is 4.79. The number of rotatable bonds is 7. The van der Waals surface area contributed by atoms with Gasteiger partial charge in [-0.1, -0.05) is 20.4 Å². The standard InChI is InChI=1S/C34H45NO4/c1-21-17-22(27-10-8-24(35)19-31(27)39-21)5-4-6-26(37)20-38-32-12-11-29-28-9-7-23-18-25(36)13-15-33(23,2)30(28)14-16-34(29,32)3/h8,10,17,19,23,28-30,32H,1,4-7,9,11-16,18,20,35H2,2-3H3/t23-,28-,29-,30-,32-,33-,34-/m0/s1. The van der Waals surface area contributed by atoms with Crippen molar-refractivity contribution in [1.29, 1.82) is 0 Å². The molecular weight excluding hydrogens is 486 g/mol. The first kappa shape index (κ1) is 26.8. The van der Waals surface area contributed by atoms with Crippen molar-refractivity contribution in [1.82, 2.24) is 0 Å². The maximum atomic E-state index is 12.9. The average Bonchev–Trinajstić information content (AvgIpc) is 3.23. The molecule has 6 rings (SSSR count). The molecule has 4 aliphatic carbocycles. The van der Waals surface area contributed by atoms with Crippen molar-refractivity contribution in [3.05, 3.63) is 42.2 Å². The van der Waals surface area contributed by atoms with Crippen LogP contribution in [0.2, 0.25) is 0 Å². The van der Waals surface area contributed by atoms with Gasteiger partial charge in [0.25, 0.3) is 0 Å². The predicted octanol–water partition coefficient (Wildman–Crippen LogP) is 7.29. The van der Waals surface area contributed by atoms with Gasteiger partial charge in [-0.15, -0.1) is 0 Å².